The molecule has 0 amide bonds. The average molecular weight is 221 g/mol. The zero-order chi connectivity index (χ0) is 12.3. The number of hydrogen-bond donors (Lipinski definition) is 1. The molecule has 88 valence electrons. The highest BCUT2D eigenvalue weighted by atomic mass is 16.5. The highest BCUT2D eigenvalue weighted by molar-refractivity contribution is 5.91. The van der Waals surface area contributed by atoms with Gasteiger partial charge in [-0.2, -0.15) is 0 Å². The summed E-state index contributed by atoms with van der Waals surface area (Å²) in [6, 6.07) is 3.98. The third kappa shape index (κ3) is 2.83. The number of aryl methyl sites for hydroxylation is 2. The number of esters is 1. The number of hydrogen-bond acceptors (Lipinski definition) is 3. The van der Waals surface area contributed by atoms with Gasteiger partial charge in [0.05, 0.1) is 12.7 Å². The summed E-state index contributed by atoms with van der Waals surface area (Å²) in [5, 5.41) is 0. The van der Waals surface area contributed by atoms with E-state index in [-0.39, 0.29) is 12.0 Å². The number of carbonyl (C=O) groups excluding carboxylic acids is 1. The molecule has 3 heteroatoms. The lowest BCUT2D eigenvalue weighted by atomic mass is 9.96. The summed E-state index contributed by atoms with van der Waals surface area (Å²) in [6.45, 7) is 5.90. The van der Waals surface area contributed by atoms with Gasteiger partial charge in [-0.05, 0) is 49.9 Å². The third-order valence-corrected chi connectivity index (χ3v) is 2.63. The number of ether oxygens (including phenoxy) is 1. The second kappa shape index (κ2) is 5.12. The molecule has 1 aromatic rings. The first kappa shape index (κ1) is 12.7. The lowest BCUT2D eigenvalue weighted by Crippen LogP contribution is -2.19. The minimum Gasteiger partial charge on any atom is -0.465 e. The predicted molar refractivity (Wildman–Crippen MR) is 64.6 cm³/mol. The van der Waals surface area contributed by atoms with E-state index in [2.05, 4.69) is 0 Å². The summed E-state index contributed by atoms with van der Waals surface area (Å²) in [5.74, 6) is -0.288. The molecule has 0 bridgehead atoms. The van der Waals surface area contributed by atoms with Crippen molar-refractivity contribution in [2.45, 2.75) is 33.2 Å². The van der Waals surface area contributed by atoms with Crippen LogP contribution in [-0.4, -0.2) is 19.1 Å². The fourth-order valence-corrected chi connectivity index (χ4v) is 1.79. The van der Waals surface area contributed by atoms with E-state index in [0.29, 0.717) is 5.56 Å². The second-order valence-corrected chi connectivity index (χ2v) is 4.27. The van der Waals surface area contributed by atoms with Gasteiger partial charge in [-0.25, -0.2) is 4.79 Å². The van der Waals surface area contributed by atoms with Gasteiger partial charge < -0.3 is 10.5 Å². The molecular weight excluding hydrogens is 202 g/mol. The van der Waals surface area contributed by atoms with Gasteiger partial charge in [-0.1, -0.05) is 6.07 Å². The van der Waals surface area contributed by atoms with Crippen molar-refractivity contribution in [3.63, 3.8) is 0 Å². The van der Waals surface area contributed by atoms with Crippen molar-refractivity contribution < 1.29 is 9.53 Å². The molecule has 0 heterocycles. The molecule has 16 heavy (non-hydrogen) atoms. The Balaban J connectivity index is 3.16. The molecule has 1 unspecified atom stereocenters. The number of methoxy groups -OCH3 is 1. The minimum absolute atomic E-state index is 0.0897. The maximum atomic E-state index is 11.5. The molecule has 0 fully saturated rings. The Kier molecular flexibility index (Phi) is 4.07. The van der Waals surface area contributed by atoms with Crippen LogP contribution in [0.15, 0.2) is 12.1 Å². The van der Waals surface area contributed by atoms with Crippen molar-refractivity contribution >= 4 is 5.97 Å². The van der Waals surface area contributed by atoms with E-state index < -0.39 is 0 Å². The van der Waals surface area contributed by atoms with Crippen LogP contribution in [-0.2, 0) is 11.2 Å². The molecule has 0 saturated heterocycles. The summed E-state index contributed by atoms with van der Waals surface area (Å²) in [6.07, 6.45) is 0.774. The normalized spacial score (nSPS) is 12.3. The SMILES string of the molecule is COC(=O)c1cc(CC(C)N)c(C)cc1C. The second-order valence-electron chi connectivity index (χ2n) is 4.27. The molecule has 0 aromatic heterocycles. The van der Waals surface area contributed by atoms with E-state index in [1.54, 1.807) is 0 Å². The van der Waals surface area contributed by atoms with Crippen LogP contribution in [0.4, 0.5) is 0 Å². The van der Waals surface area contributed by atoms with E-state index in [1.165, 1.54) is 12.7 Å². The van der Waals surface area contributed by atoms with Gasteiger partial charge in [0, 0.05) is 6.04 Å². The Morgan fingerprint density at radius 1 is 1.38 bits per heavy atom. The molecule has 1 rings (SSSR count). The maximum Gasteiger partial charge on any atom is 0.338 e. The Bertz CT molecular complexity index is 397. The Morgan fingerprint density at radius 3 is 2.50 bits per heavy atom. The molecule has 0 aliphatic carbocycles. The molecule has 0 aliphatic heterocycles. The zero-order valence-electron chi connectivity index (χ0n) is 10.3. The van der Waals surface area contributed by atoms with Gasteiger partial charge in [0.1, 0.15) is 0 Å². The van der Waals surface area contributed by atoms with Crippen LogP contribution in [0.5, 0.6) is 0 Å². The standard InChI is InChI=1S/C13H19NO2/c1-8-5-9(2)12(13(15)16-4)7-11(8)6-10(3)14/h5,7,10H,6,14H2,1-4H3. The summed E-state index contributed by atoms with van der Waals surface area (Å²) < 4.78 is 4.75. The van der Waals surface area contributed by atoms with Crippen LogP contribution in [0.25, 0.3) is 0 Å². The van der Waals surface area contributed by atoms with E-state index >= 15 is 0 Å². The molecule has 0 aliphatic rings. The van der Waals surface area contributed by atoms with Crippen molar-refractivity contribution in [1.82, 2.24) is 0 Å². The van der Waals surface area contributed by atoms with Crippen LogP contribution in [0.3, 0.4) is 0 Å². The number of nitrogens with two attached hydrogens (primary N) is 1. The van der Waals surface area contributed by atoms with Gasteiger partial charge in [-0.15, -0.1) is 0 Å². The fraction of sp³-hybridized carbons (Fsp3) is 0.462. The molecule has 0 spiro atoms. The maximum absolute atomic E-state index is 11.5. The summed E-state index contributed by atoms with van der Waals surface area (Å²) in [4.78, 5) is 11.5. The topological polar surface area (TPSA) is 52.3 Å². The third-order valence-electron chi connectivity index (χ3n) is 2.63. The van der Waals surface area contributed by atoms with E-state index in [9.17, 15) is 4.79 Å². The van der Waals surface area contributed by atoms with Gasteiger partial charge in [-0.3, -0.25) is 0 Å². The quantitative estimate of drug-likeness (QED) is 0.794. The van der Waals surface area contributed by atoms with Gasteiger partial charge in [0.15, 0.2) is 0 Å². The van der Waals surface area contributed by atoms with Crippen LogP contribution in [0.1, 0.15) is 34.0 Å². The van der Waals surface area contributed by atoms with Crippen LogP contribution < -0.4 is 5.73 Å². The molecule has 0 saturated carbocycles. The van der Waals surface area contributed by atoms with Gasteiger partial charge in [0.25, 0.3) is 0 Å². The van der Waals surface area contributed by atoms with Crippen LogP contribution in [0, 0.1) is 13.8 Å². The summed E-state index contributed by atoms with van der Waals surface area (Å²) in [7, 11) is 1.40. The Labute approximate surface area is 96.6 Å². The minimum atomic E-state index is -0.288. The summed E-state index contributed by atoms with van der Waals surface area (Å²) in [5.41, 5.74) is 9.63. The highest BCUT2D eigenvalue weighted by Crippen LogP contribution is 2.18. The van der Waals surface area contributed by atoms with Crippen molar-refractivity contribution in [1.29, 1.82) is 0 Å². The molecule has 1 aromatic carbocycles. The lowest BCUT2D eigenvalue weighted by molar-refractivity contribution is 0.0600. The summed E-state index contributed by atoms with van der Waals surface area (Å²) >= 11 is 0. The highest BCUT2D eigenvalue weighted by Gasteiger charge is 2.12. The van der Waals surface area contributed by atoms with Crippen molar-refractivity contribution in [2.75, 3.05) is 7.11 Å². The van der Waals surface area contributed by atoms with Gasteiger partial charge in [0.2, 0.25) is 0 Å². The fourth-order valence-electron chi connectivity index (χ4n) is 1.79. The monoisotopic (exact) mass is 221 g/mol. The first-order valence-electron chi connectivity index (χ1n) is 5.39. The predicted octanol–water partition coefficient (Wildman–Crippen LogP) is 1.98. The van der Waals surface area contributed by atoms with Gasteiger partial charge >= 0.3 is 5.97 Å². The van der Waals surface area contributed by atoms with Crippen molar-refractivity contribution in [3.8, 4) is 0 Å². The first-order chi connectivity index (χ1) is 7.45. The zero-order valence-corrected chi connectivity index (χ0v) is 10.3. The van der Waals surface area contributed by atoms with E-state index in [0.717, 1.165) is 17.5 Å². The van der Waals surface area contributed by atoms with E-state index in [1.807, 2.05) is 32.9 Å². The smallest absolute Gasteiger partial charge is 0.338 e. The molecular formula is C13H19NO2. The molecule has 0 radical (unpaired) electrons. The Hall–Kier alpha value is -1.35. The van der Waals surface area contributed by atoms with Crippen LogP contribution >= 0.6 is 0 Å². The molecule has 1 atom stereocenters. The van der Waals surface area contributed by atoms with Crippen molar-refractivity contribution in [2.24, 2.45) is 5.73 Å². The van der Waals surface area contributed by atoms with Crippen LogP contribution in [0.2, 0.25) is 0 Å². The number of carbonyl (C=O) groups is 1. The molecule has 3 nitrogen and oxygen atoms in total. The number of rotatable bonds is 3. The molecule has 2 N–H and O–H groups in total. The van der Waals surface area contributed by atoms with Crippen molar-refractivity contribution in [3.05, 3.63) is 34.4 Å². The Morgan fingerprint density at radius 2 is 2.00 bits per heavy atom. The first-order valence-corrected chi connectivity index (χ1v) is 5.39. The van der Waals surface area contributed by atoms with E-state index in [4.69, 9.17) is 10.5 Å². The largest absolute Gasteiger partial charge is 0.465 e. The lowest BCUT2D eigenvalue weighted by Gasteiger charge is -2.12. The number of benzene rings is 1. The average Bonchev–Trinajstić information content (AvgIpc) is 2.20.